The fourth-order valence-electron chi connectivity index (χ4n) is 5.70. The van der Waals surface area contributed by atoms with Gasteiger partial charge in [0.25, 0.3) is 0 Å². The number of fused-ring (bicyclic) bond motifs is 4. The summed E-state index contributed by atoms with van der Waals surface area (Å²) in [5, 5.41) is 4.56. The van der Waals surface area contributed by atoms with Crippen molar-refractivity contribution in [2.24, 2.45) is 0 Å². The first-order valence-electron chi connectivity index (χ1n) is 12.5. The van der Waals surface area contributed by atoms with E-state index in [9.17, 15) is 0 Å². The van der Waals surface area contributed by atoms with Crippen LogP contribution < -0.4 is 13.9 Å². The van der Waals surface area contributed by atoms with Crippen molar-refractivity contribution >= 4 is 27.9 Å². The first kappa shape index (κ1) is 22.3. The molecule has 2 aliphatic carbocycles. The van der Waals surface area contributed by atoms with Crippen LogP contribution in [0.15, 0.2) is 133 Å². The van der Waals surface area contributed by atoms with E-state index in [1.165, 1.54) is 32.9 Å². The summed E-state index contributed by atoms with van der Waals surface area (Å²) in [5.41, 5.74) is 9.00. The summed E-state index contributed by atoms with van der Waals surface area (Å²) in [7, 11) is -0.577. The minimum absolute atomic E-state index is 0.572. The molecule has 0 fully saturated rings. The van der Waals surface area contributed by atoms with Gasteiger partial charge in [0, 0.05) is 0 Å². The third-order valence-corrected chi connectivity index (χ3v) is 16.8. The zero-order valence-electron chi connectivity index (χ0n) is 19.9. The van der Waals surface area contributed by atoms with Crippen molar-refractivity contribution in [3.8, 4) is 11.1 Å². The molecule has 1 unspecified atom stereocenters. The molecule has 0 bridgehead atoms. The fourth-order valence-corrected chi connectivity index (χ4v) is 15.7. The SMILES string of the molecule is C1=C(P(c2ccccc2)c2ccccc2)[CH]([Hf][c]2cccc3c2Cc2ccccc2-3)c2ccccc21. The summed E-state index contributed by atoms with van der Waals surface area (Å²) in [6.07, 6.45) is 3.64. The molecular weight excluding hydrogens is 618 g/mol. The van der Waals surface area contributed by atoms with Gasteiger partial charge >= 0.3 is 227 Å². The van der Waals surface area contributed by atoms with Crippen LogP contribution in [-0.4, -0.2) is 0 Å². The molecule has 0 radical (unpaired) electrons. The van der Waals surface area contributed by atoms with Crippen LogP contribution in [0.1, 0.15) is 25.9 Å². The van der Waals surface area contributed by atoms with Gasteiger partial charge in [-0.3, -0.25) is 0 Å². The minimum atomic E-state index is -1.30. The molecule has 5 aromatic carbocycles. The van der Waals surface area contributed by atoms with Crippen LogP contribution in [0, 0.1) is 0 Å². The van der Waals surface area contributed by atoms with Crippen molar-refractivity contribution in [3.63, 3.8) is 0 Å². The topological polar surface area (TPSA) is 0 Å². The van der Waals surface area contributed by atoms with Gasteiger partial charge in [-0.05, 0) is 0 Å². The second-order valence-electron chi connectivity index (χ2n) is 9.45. The molecule has 170 valence electrons. The number of benzene rings is 5. The van der Waals surface area contributed by atoms with Crippen LogP contribution in [-0.2, 0) is 29.3 Å². The van der Waals surface area contributed by atoms with Gasteiger partial charge in [0.05, 0.1) is 0 Å². The summed E-state index contributed by atoms with van der Waals surface area (Å²) in [6.45, 7) is 0. The Morgan fingerprint density at radius 2 is 1.22 bits per heavy atom. The van der Waals surface area contributed by atoms with E-state index in [0.29, 0.717) is 3.67 Å². The van der Waals surface area contributed by atoms with E-state index < -0.39 is 30.8 Å². The quantitative estimate of drug-likeness (QED) is 0.138. The van der Waals surface area contributed by atoms with E-state index >= 15 is 0 Å². The van der Waals surface area contributed by atoms with Crippen LogP contribution in [0.5, 0.6) is 0 Å². The van der Waals surface area contributed by atoms with Gasteiger partial charge in [-0.2, -0.15) is 0 Å². The predicted molar refractivity (Wildman–Crippen MR) is 151 cm³/mol. The summed E-state index contributed by atoms with van der Waals surface area (Å²) in [4.78, 5) is 0. The van der Waals surface area contributed by atoms with Crippen LogP contribution in [0.2, 0.25) is 0 Å². The monoisotopic (exact) mass is 644 g/mol. The zero-order chi connectivity index (χ0) is 23.9. The van der Waals surface area contributed by atoms with Gasteiger partial charge in [-0.25, -0.2) is 0 Å². The zero-order valence-corrected chi connectivity index (χ0v) is 24.4. The van der Waals surface area contributed by atoms with Gasteiger partial charge in [0.15, 0.2) is 0 Å². The third kappa shape index (κ3) is 3.90. The Balaban J connectivity index is 1.35. The third-order valence-electron chi connectivity index (χ3n) is 7.34. The van der Waals surface area contributed by atoms with Crippen molar-refractivity contribution in [2.75, 3.05) is 0 Å². The fraction of sp³-hybridized carbons (Fsp3) is 0.0588. The summed E-state index contributed by atoms with van der Waals surface area (Å²) in [5.74, 6) is 0. The Morgan fingerprint density at radius 1 is 0.583 bits per heavy atom. The molecule has 5 aromatic rings. The van der Waals surface area contributed by atoms with Crippen LogP contribution >= 0.6 is 7.92 Å². The normalized spacial score (nSPS) is 15.2. The van der Waals surface area contributed by atoms with Gasteiger partial charge in [0.1, 0.15) is 0 Å². The average Bonchev–Trinajstić information content (AvgIpc) is 3.49. The average molecular weight is 643 g/mol. The maximum absolute atomic E-state index is 2.55. The number of rotatable bonds is 5. The van der Waals surface area contributed by atoms with Gasteiger partial charge in [0.2, 0.25) is 0 Å². The molecule has 0 nitrogen and oxygen atoms in total. The Hall–Kier alpha value is -2.86. The molecule has 2 aliphatic rings. The molecule has 0 amide bonds. The molecule has 0 heterocycles. The molecule has 0 saturated heterocycles. The molecular formula is C34H25HfP. The van der Waals surface area contributed by atoms with Crippen LogP contribution in [0.25, 0.3) is 17.2 Å². The van der Waals surface area contributed by atoms with Crippen molar-refractivity contribution in [2.45, 2.75) is 10.1 Å². The maximum atomic E-state index is 2.55. The standard InChI is InChI=1S/C21H16P.C13H9.Hf/c1-3-11-19(12-4-1)22(20-13-5-2-6-14-20)21-15-17-9-7-8-10-18(17)16-21;1-3-7-12-10(5-1)9-11-6-2-4-8-13(11)12;/h1-16H;1-5,7-8H,9H2;. The Morgan fingerprint density at radius 3 is 2.00 bits per heavy atom. The van der Waals surface area contributed by atoms with Crippen molar-refractivity contribution in [1.82, 2.24) is 0 Å². The van der Waals surface area contributed by atoms with Gasteiger partial charge in [-0.15, -0.1) is 0 Å². The molecule has 0 N–H and O–H groups in total. The van der Waals surface area contributed by atoms with E-state index in [1.807, 2.05) is 0 Å². The van der Waals surface area contributed by atoms with E-state index in [2.05, 4.69) is 133 Å². The first-order valence-corrected chi connectivity index (χ1v) is 17.8. The molecule has 2 heteroatoms. The van der Waals surface area contributed by atoms with E-state index in [-0.39, 0.29) is 0 Å². The molecule has 1 atom stereocenters. The van der Waals surface area contributed by atoms with E-state index in [0.717, 1.165) is 6.42 Å². The van der Waals surface area contributed by atoms with Crippen molar-refractivity contribution in [3.05, 3.63) is 155 Å². The molecule has 0 saturated carbocycles. The Kier molecular flexibility index (Phi) is 5.93. The Bertz CT molecular complexity index is 1550. The summed E-state index contributed by atoms with van der Waals surface area (Å²) >= 11 is -1.30. The first-order chi connectivity index (χ1) is 17.9. The number of hydrogen-bond donors (Lipinski definition) is 0. The van der Waals surface area contributed by atoms with Gasteiger partial charge < -0.3 is 0 Å². The molecule has 7 rings (SSSR count). The molecule has 36 heavy (non-hydrogen) atoms. The second-order valence-corrected chi connectivity index (χ2v) is 16.7. The predicted octanol–water partition coefficient (Wildman–Crippen LogP) is 7.19. The van der Waals surface area contributed by atoms with Crippen molar-refractivity contribution in [1.29, 1.82) is 0 Å². The number of allylic oxidation sites excluding steroid dienone is 1. The van der Waals surface area contributed by atoms with Crippen LogP contribution in [0.4, 0.5) is 0 Å². The van der Waals surface area contributed by atoms with Crippen LogP contribution in [0.3, 0.4) is 0 Å². The van der Waals surface area contributed by atoms with E-state index in [1.54, 1.807) is 19.8 Å². The van der Waals surface area contributed by atoms with Gasteiger partial charge in [-0.1, -0.05) is 0 Å². The summed E-state index contributed by atoms with van der Waals surface area (Å²) in [6, 6.07) is 47.7. The number of hydrogen-bond acceptors (Lipinski definition) is 0. The molecule has 0 aliphatic heterocycles. The van der Waals surface area contributed by atoms with E-state index in [4.69, 9.17) is 0 Å². The molecule has 0 aromatic heterocycles. The summed E-state index contributed by atoms with van der Waals surface area (Å²) < 4.78 is 2.26. The Labute approximate surface area is 225 Å². The van der Waals surface area contributed by atoms with Crippen molar-refractivity contribution < 1.29 is 22.9 Å². The second kappa shape index (κ2) is 9.55. The molecule has 0 spiro atoms.